The number of hydrogen-bond acceptors (Lipinski definition) is 7. The van der Waals surface area contributed by atoms with Crippen LogP contribution in [0.4, 0.5) is 4.79 Å². The first kappa shape index (κ1) is 33.0. The number of nitrogens with zero attached hydrogens (tertiary/aromatic N) is 2. The van der Waals surface area contributed by atoms with Crippen molar-refractivity contribution in [3.63, 3.8) is 0 Å². The van der Waals surface area contributed by atoms with Gasteiger partial charge in [0.1, 0.15) is 17.7 Å². The Labute approximate surface area is 260 Å². The van der Waals surface area contributed by atoms with E-state index < -0.39 is 23.8 Å². The van der Waals surface area contributed by atoms with Gasteiger partial charge in [0.15, 0.2) is 0 Å². The first-order valence-corrected chi connectivity index (χ1v) is 18.0. The molecule has 0 radical (unpaired) electrons. The summed E-state index contributed by atoms with van der Waals surface area (Å²) < 4.78 is 5.59. The summed E-state index contributed by atoms with van der Waals surface area (Å²) in [7, 11) is 0. The van der Waals surface area contributed by atoms with Crippen LogP contribution in [0.3, 0.4) is 0 Å². The van der Waals surface area contributed by atoms with Crippen molar-refractivity contribution >= 4 is 41.4 Å². The van der Waals surface area contributed by atoms with Gasteiger partial charge < -0.3 is 15.4 Å². The fourth-order valence-corrected chi connectivity index (χ4v) is 8.19. The number of thioether (sulfide) groups is 2. The highest BCUT2D eigenvalue weighted by atomic mass is 32.2. The van der Waals surface area contributed by atoms with Crippen molar-refractivity contribution in [2.24, 2.45) is 5.92 Å². The second kappa shape index (κ2) is 16.2. The topological polar surface area (TPSA) is 91.0 Å². The molecular weight excluding hydrogens is 569 g/mol. The summed E-state index contributed by atoms with van der Waals surface area (Å²) in [5.74, 6) is 3.05. The zero-order chi connectivity index (χ0) is 30.0. The molecule has 1 saturated carbocycles. The van der Waals surface area contributed by atoms with Crippen molar-refractivity contribution in [2.45, 2.75) is 102 Å². The van der Waals surface area contributed by atoms with Gasteiger partial charge in [-0.05, 0) is 75.9 Å². The van der Waals surface area contributed by atoms with Crippen molar-refractivity contribution in [3.05, 3.63) is 35.9 Å². The Morgan fingerprint density at radius 1 is 1.02 bits per heavy atom. The number of likely N-dealkylation sites (tertiary alicyclic amines) is 1. The van der Waals surface area contributed by atoms with Crippen molar-refractivity contribution < 1.29 is 19.1 Å². The van der Waals surface area contributed by atoms with Gasteiger partial charge in [0, 0.05) is 31.4 Å². The second-order valence-electron chi connectivity index (χ2n) is 12.9. The summed E-state index contributed by atoms with van der Waals surface area (Å²) in [4.78, 5) is 44.1. The predicted octanol–water partition coefficient (Wildman–Crippen LogP) is 5.27. The third-order valence-electron chi connectivity index (χ3n) is 8.25. The number of nitrogens with one attached hydrogen (secondary N) is 2. The van der Waals surface area contributed by atoms with Gasteiger partial charge in [0.25, 0.3) is 0 Å². The van der Waals surface area contributed by atoms with E-state index in [1.54, 1.807) is 23.5 Å². The third-order valence-corrected chi connectivity index (χ3v) is 10.5. The normalized spacial score (nSPS) is 21.9. The fourth-order valence-electron chi connectivity index (χ4n) is 5.91. The number of benzene rings is 1. The zero-order valence-electron chi connectivity index (χ0n) is 25.6. The molecule has 2 atom stereocenters. The average molecular weight is 619 g/mol. The van der Waals surface area contributed by atoms with Crippen LogP contribution in [0.25, 0.3) is 0 Å². The molecule has 1 unspecified atom stereocenters. The number of hydrogen-bond donors (Lipinski definition) is 2. The Kier molecular flexibility index (Phi) is 12.8. The first-order valence-electron chi connectivity index (χ1n) is 15.7. The lowest BCUT2D eigenvalue weighted by molar-refractivity contribution is -0.131. The molecule has 1 aromatic rings. The molecule has 10 heteroatoms. The number of carbonyl (C=O) groups is 3. The monoisotopic (exact) mass is 618 g/mol. The molecule has 2 heterocycles. The average Bonchev–Trinajstić information content (AvgIpc) is 2.98. The highest BCUT2D eigenvalue weighted by Gasteiger charge is 2.37. The van der Waals surface area contributed by atoms with Gasteiger partial charge in [-0.1, -0.05) is 49.6 Å². The standard InChI is InChI=1S/C32H50N4O4S2/c1-32(2,3)40-31(39)36-23-41-19-16-28(36)30(38)34-27(22-42-21-25-12-8-5-9-13-25)29(37)33-26-14-17-35(18-15-26)20-24-10-6-4-7-11-24/h4,6-7,10-11,25-28H,5,8-9,12-23H2,1-3H3,(H,33,37)(H,34,38)/t27-,28?/m0/s1. The summed E-state index contributed by atoms with van der Waals surface area (Å²) in [5.41, 5.74) is 0.661. The molecule has 1 aromatic carbocycles. The van der Waals surface area contributed by atoms with Gasteiger partial charge in [0.05, 0.1) is 5.88 Å². The second-order valence-corrected chi connectivity index (χ2v) is 15.1. The fraction of sp³-hybridized carbons (Fsp3) is 0.719. The molecule has 1 aliphatic carbocycles. The summed E-state index contributed by atoms with van der Waals surface area (Å²) in [6.07, 6.45) is 8.24. The molecule has 42 heavy (non-hydrogen) atoms. The molecule has 2 saturated heterocycles. The number of ether oxygens (including phenoxy) is 1. The predicted molar refractivity (Wildman–Crippen MR) is 173 cm³/mol. The quantitative estimate of drug-likeness (QED) is 0.370. The Hall–Kier alpha value is -1.91. The molecular formula is C32H50N4O4S2. The molecule has 2 aliphatic heterocycles. The van der Waals surface area contributed by atoms with Crippen molar-refractivity contribution in [2.75, 3.05) is 36.2 Å². The van der Waals surface area contributed by atoms with E-state index in [0.717, 1.165) is 44.0 Å². The number of rotatable bonds is 10. The molecule has 3 aliphatic rings. The lowest BCUT2D eigenvalue weighted by Crippen LogP contribution is -2.58. The van der Waals surface area contributed by atoms with Crippen LogP contribution >= 0.6 is 23.5 Å². The summed E-state index contributed by atoms with van der Waals surface area (Å²) in [6, 6.07) is 9.31. The molecule has 8 nitrogen and oxygen atoms in total. The van der Waals surface area contributed by atoms with E-state index in [4.69, 9.17) is 4.74 Å². The summed E-state index contributed by atoms with van der Waals surface area (Å²) in [5, 5.41) is 6.32. The Morgan fingerprint density at radius 3 is 2.43 bits per heavy atom. The van der Waals surface area contributed by atoms with Gasteiger partial charge in [-0.2, -0.15) is 11.8 Å². The van der Waals surface area contributed by atoms with Gasteiger partial charge in [-0.25, -0.2) is 4.79 Å². The number of carbonyl (C=O) groups excluding carboxylic acids is 3. The van der Waals surface area contributed by atoms with E-state index in [2.05, 4.69) is 39.8 Å². The molecule has 3 amide bonds. The van der Waals surface area contributed by atoms with E-state index in [0.29, 0.717) is 24.0 Å². The van der Waals surface area contributed by atoms with Crippen LogP contribution in [-0.2, 0) is 20.9 Å². The Bertz CT molecular complexity index is 1010. The maximum atomic E-state index is 13.6. The first-order chi connectivity index (χ1) is 20.2. The van der Waals surface area contributed by atoms with Gasteiger partial charge in [0.2, 0.25) is 11.8 Å². The minimum atomic E-state index is -0.644. The minimum Gasteiger partial charge on any atom is -0.444 e. The lowest BCUT2D eigenvalue weighted by Gasteiger charge is -2.36. The van der Waals surface area contributed by atoms with E-state index >= 15 is 0 Å². The van der Waals surface area contributed by atoms with Crippen molar-refractivity contribution in [1.29, 1.82) is 0 Å². The van der Waals surface area contributed by atoms with E-state index in [-0.39, 0.29) is 17.9 Å². The SMILES string of the molecule is CC(C)(C)OC(=O)N1CSCCC1C(=O)N[C@@H](CSCC1CCCCC1)C(=O)NC1CCN(Cc2ccccc2)CC1. The van der Waals surface area contributed by atoms with Gasteiger partial charge >= 0.3 is 6.09 Å². The molecule has 0 spiro atoms. The molecule has 234 valence electrons. The van der Waals surface area contributed by atoms with Crippen molar-refractivity contribution in [1.82, 2.24) is 20.4 Å². The Morgan fingerprint density at radius 2 is 1.74 bits per heavy atom. The number of piperidine rings is 1. The highest BCUT2D eigenvalue weighted by molar-refractivity contribution is 7.99. The molecule has 4 rings (SSSR count). The van der Waals surface area contributed by atoms with Crippen LogP contribution in [0.2, 0.25) is 0 Å². The maximum absolute atomic E-state index is 13.6. The molecule has 0 aromatic heterocycles. The van der Waals surface area contributed by atoms with E-state index in [1.165, 1.54) is 42.6 Å². The highest BCUT2D eigenvalue weighted by Crippen LogP contribution is 2.27. The van der Waals surface area contributed by atoms with Crippen LogP contribution in [-0.4, -0.2) is 87.7 Å². The molecule has 0 bridgehead atoms. The molecule has 3 fully saturated rings. The van der Waals surface area contributed by atoms with Crippen LogP contribution < -0.4 is 10.6 Å². The third kappa shape index (κ3) is 10.7. The summed E-state index contributed by atoms with van der Waals surface area (Å²) >= 11 is 3.39. The van der Waals surface area contributed by atoms with E-state index in [1.807, 2.05) is 26.8 Å². The van der Waals surface area contributed by atoms with Crippen LogP contribution in [0.15, 0.2) is 30.3 Å². The van der Waals surface area contributed by atoms with E-state index in [9.17, 15) is 14.4 Å². The minimum absolute atomic E-state index is 0.0941. The largest absolute Gasteiger partial charge is 0.444 e. The van der Waals surface area contributed by atoms with Crippen LogP contribution in [0.5, 0.6) is 0 Å². The number of amides is 3. The van der Waals surface area contributed by atoms with Gasteiger partial charge in [-0.15, -0.1) is 11.8 Å². The van der Waals surface area contributed by atoms with Gasteiger partial charge in [-0.3, -0.25) is 19.4 Å². The maximum Gasteiger partial charge on any atom is 0.411 e. The zero-order valence-corrected chi connectivity index (χ0v) is 27.3. The summed E-state index contributed by atoms with van der Waals surface area (Å²) in [6.45, 7) is 8.26. The van der Waals surface area contributed by atoms with Crippen LogP contribution in [0.1, 0.15) is 77.7 Å². The Balaban J connectivity index is 1.34. The smallest absolute Gasteiger partial charge is 0.411 e. The van der Waals surface area contributed by atoms with Crippen LogP contribution in [0, 0.1) is 5.92 Å². The molecule has 2 N–H and O–H groups in total. The van der Waals surface area contributed by atoms with Crippen molar-refractivity contribution in [3.8, 4) is 0 Å². The lowest BCUT2D eigenvalue weighted by atomic mass is 9.91.